The molecule has 7 nitrogen and oxygen atoms in total. The molecule has 0 amide bonds. The summed E-state index contributed by atoms with van der Waals surface area (Å²) in [6.45, 7) is 13.0. The van der Waals surface area contributed by atoms with Gasteiger partial charge < -0.3 is 34.1 Å². The Labute approximate surface area is 195 Å². The van der Waals surface area contributed by atoms with Crippen LogP contribution in [-0.4, -0.2) is 164 Å². The molecule has 0 aliphatic rings. The molecule has 0 aliphatic carbocycles. The van der Waals surface area contributed by atoms with Gasteiger partial charge >= 0.3 is 0 Å². The van der Waals surface area contributed by atoms with Crippen molar-refractivity contribution < 1.29 is 4.74 Å². The summed E-state index contributed by atoms with van der Waals surface area (Å²) >= 11 is 0. The molecule has 0 N–H and O–H groups in total. The van der Waals surface area contributed by atoms with Gasteiger partial charge in [-0.05, 0) is 134 Å². The summed E-state index contributed by atoms with van der Waals surface area (Å²) < 4.78 is 6.08. The quantitative estimate of drug-likeness (QED) is 0.233. The van der Waals surface area contributed by atoms with E-state index in [1.165, 1.54) is 25.7 Å². The van der Waals surface area contributed by atoms with Crippen molar-refractivity contribution in [2.75, 3.05) is 135 Å². The molecule has 0 aromatic rings. The van der Waals surface area contributed by atoms with Crippen molar-refractivity contribution in [3.63, 3.8) is 0 Å². The van der Waals surface area contributed by atoms with Gasteiger partial charge in [-0.2, -0.15) is 0 Å². The van der Waals surface area contributed by atoms with Crippen molar-refractivity contribution in [1.82, 2.24) is 29.4 Å². The van der Waals surface area contributed by atoms with Gasteiger partial charge in [-0.25, -0.2) is 0 Å². The number of ether oxygens (including phenoxy) is 1. The molecule has 0 bridgehead atoms. The maximum Gasteiger partial charge on any atom is 0.0594 e. The van der Waals surface area contributed by atoms with Crippen LogP contribution in [0.15, 0.2) is 0 Å². The first kappa shape index (κ1) is 30.7. The second kappa shape index (κ2) is 20.3. The number of nitrogens with zero attached hydrogens (tertiary/aromatic N) is 6. The van der Waals surface area contributed by atoms with E-state index in [9.17, 15) is 0 Å². The largest absolute Gasteiger partial charge is 0.379 e. The highest BCUT2D eigenvalue weighted by Gasteiger charge is 2.08. The van der Waals surface area contributed by atoms with Gasteiger partial charge in [-0.15, -0.1) is 0 Å². The van der Waals surface area contributed by atoms with Crippen LogP contribution in [0.2, 0.25) is 0 Å². The van der Waals surface area contributed by atoms with Crippen LogP contribution in [0.4, 0.5) is 0 Å². The van der Waals surface area contributed by atoms with Crippen molar-refractivity contribution in [1.29, 1.82) is 0 Å². The van der Waals surface area contributed by atoms with Crippen LogP contribution in [0.3, 0.4) is 0 Å². The fraction of sp³-hybridized carbons (Fsp3) is 1.00. The minimum Gasteiger partial charge on any atom is -0.379 e. The number of hydrogen-bond donors (Lipinski definition) is 0. The van der Waals surface area contributed by atoms with Gasteiger partial charge in [0, 0.05) is 13.1 Å². The third-order valence-corrected chi connectivity index (χ3v) is 5.42. The standard InChI is InChI=1S/C24H56N6O/c1-25(2)13-9-17-29(18-10-14-26(3)4)21-23-31-24-22-30(19-11-15-27(5)6)20-12-16-28(7)8/h9-24H2,1-8H3. The van der Waals surface area contributed by atoms with Gasteiger partial charge in [0.25, 0.3) is 0 Å². The summed E-state index contributed by atoms with van der Waals surface area (Å²) in [5.74, 6) is 0. The monoisotopic (exact) mass is 444 g/mol. The summed E-state index contributed by atoms with van der Waals surface area (Å²) in [6.07, 6.45) is 4.89. The molecule has 0 radical (unpaired) electrons. The van der Waals surface area contributed by atoms with E-state index in [0.717, 1.165) is 78.7 Å². The van der Waals surface area contributed by atoms with E-state index in [2.05, 4.69) is 85.8 Å². The summed E-state index contributed by atoms with van der Waals surface area (Å²) in [5.41, 5.74) is 0. The Morgan fingerprint density at radius 1 is 0.355 bits per heavy atom. The van der Waals surface area contributed by atoms with E-state index in [-0.39, 0.29) is 0 Å². The Morgan fingerprint density at radius 2 is 0.613 bits per heavy atom. The molecule has 0 saturated carbocycles. The fourth-order valence-electron chi connectivity index (χ4n) is 3.60. The zero-order valence-corrected chi connectivity index (χ0v) is 22.4. The first-order valence-corrected chi connectivity index (χ1v) is 12.3. The second-order valence-electron chi connectivity index (χ2n) is 9.92. The lowest BCUT2D eigenvalue weighted by molar-refractivity contribution is 0.0795. The van der Waals surface area contributed by atoms with Gasteiger partial charge in [0.05, 0.1) is 13.2 Å². The van der Waals surface area contributed by atoms with Gasteiger partial charge in [0.15, 0.2) is 0 Å². The molecule has 31 heavy (non-hydrogen) atoms. The van der Waals surface area contributed by atoms with Gasteiger partial charge in [-0.3, -0.25) is 0 Å². The minimum absolute atomic E-state index is 0.840. The Bertz CT molecular complexity index is 317. The average molecular weight is 445 g/mol. The zero-order chi connectivity index (χ0) is 23.5. The molecule has 0 aromatic carbocycles. The summed E-state index contributed by atoms with van der Waals surface area (Å²) in [5, 5.41) is 0. The molecule has 0 heterocycles. The van der Waals surface area contributed by atoms with Gasteiger partial charge in [-0.1, -0.05) is 0 Å². The summed E-state index contributed by atoms with van der Waals surface area (Å²) in [7, 11) is 17.2. The van der Waals surface area contributed by atoms with E-state index in [1.807, 2.05) is 0 Å². The number of hydrogen-bond acceptors (Lipinski definition) is 7. The Kier molecular flexibility index (Phi) is 20.2. The van der Waals surface area contributed by atoms with Crippen LogP contribution in [0, 0.1) is 0 Å². The SMILES string of the molecule is CN(C)CCCN(CCCN(C)C)CCOCCN(CCCN(C)C)CCCN(C)C. The van der Waals surface area contributed by atoms with Crippen molar-refractivity contribution in [3.05, 3.63) is 0 Å². The maximum atomic E-state index is 6.08. The lowest BCUT2D eigenvalue weighted by Crippen LogP contribution is -2.35. The molecule has 0 unspecified atom stereocenters. The molecule has 0 aromatic heterocycles. The Hall–Kier alpha value is -0.280. The molecule has 0 saturated heterocycles. The summed E-state index contributed by atoms with van der Waals surface area (Å²) in [6, 6.07) is 0. The molecule has 0 spiro atoms. The highest BCUT2D eigenvalue weighted by Crippen LogP contribution is 1.99. The number of rotatable bonds is 22. The second-order valence-corrected chi connectivity index (χ2v) is 9.92. The zero-order valence-electron chi connectivity index (χ0n) is 22.4. The first-order chi connectivity index (χ1) is 14.7. The van der Waals surface area contributed by atoms with Gasteiger partial charge in [0.1, 0.15) is 0 Å². The topological polar surface area (TPSA) is 28.7 Å². The molecule has 188 valence electrons. The lowest BCUT2D eigenvalue weighted by atomic mass is 10.3. The predicted octanol–water partition coefficient (Wildman–Crippen LogP) is 1.41. The lowest BCUT2D eigenvalue weighted by Gasteiger charge is -2.25. The molecule has 7 heteroatoms. The molecular weight excluding hydrogens is 388 g/mol. The highest BCUT2D eigenvalue weighted by atomic mass is 16.5. The van der Waals surface area contributed by atoms with Crippen molar-refractivity contribution in [2.24, 2.45) is 0 Å². The molecular formula is C24H56N6O. The van der Waals surface area contributed by atoms with E-state index in [0.29, 0.717) is 0 Å². The molecule has 0 atom stereocenters. The third-order valence-electron chi connectivity index (χ3n) is 5.42. The van der Waals surface area contributed by atoms with Crippen molar-refractivity contribution in [2.45, 2.75) is 25.7 Å². The van der Waals surface area contributed by atoms with Crippen LogP contribution >= 0.6 is 0 Å². The predicted molar refractivity (Wildman–Crippen MR) is 136 cm³/mol. The maximum absolute atomic E-state index is 6.08. The first-order valence-electron chi connectivity index (χ1n) is 12.3. The highest BCUT2D eigenvalue weighted by molar-refractivity contribution is 4.63. The Morgan fingerprint density at radius 3 is 0.839 bits per heavy atom. The van der Waals surface area contributed by atoms with Crippen LogP contribution in [0.25, 0.3) is 0 Å². The summed E-state index contributed by atoms with van der Waals surface area (Å²) in [4.78, 5) is 14.3. The van der Waals surface area contributed by atoms with Crippen molar-refractivity contribution >= 4 is 0 Å². The van der Waals surface area contributed by atoms with Crippen LogP contribution in [-0.2, 0) is 4.74 Å². The van der Waals surface area contributed by atoms with Gasteiger partial charge in [0.2, 0.25) is 0 Å². The van der Waals surface area contributed by atoms with E-state index in [4.69, 9.17) is 4.74 Å². The van der Waals surface area contributed by atoms with Crippen LogP contribution in [0.1, 0.15) is 25.7 Å². The van der Waals surface area contributed by atoms with Crippen LogP contribution in [0.5, 0.6) is 0 Å². The minimum atomic E-state index is 0.840. The normalized spacial score (nSPS) is 12.6. The average Bonchev–Trinajstić information content (AvgIpc) is 2.65. The fourth-order valence-corrected chi connectivity index (χ4v) is 3.60. The molecule has 0 aliphatic heterocycles. The van der Waals surface area contributed by atoms with Crippen molar-refractivity contribution in [3.8, 4) is 0 Å². The van der Waals surface area contributed by atoms with E-state index >= 15 is 0 Å². The molecule has 0 rings (SSSR count). The third kappa shape index (κ3) is 22.7. The Balaban J connectivity index is 4.22. The van der Waals surface area contributed by atoms with Crippen LogP contribution < -0.4 is 0 Å². The van der Waals surface area contributed by atoms with E-state index in [1.54, 1.807) is 0 Å². The van der Waals surface area contributed by atoms with E-state index < -0.39 is 0 Å². The smallest absolute Gasteiger partial charge is 0.0594 e. The molecule has 0 fully saturated rings.